The van der Waals surface area contributed by atoms with Crippen LogP contribution in [0.3, 0.4) is 0 Å². The van der Waals surface area contributed by atoms with Gasteiger partial charge in [0.25, 0.3) is 0 Å². The van der Waals surface area contributed by atoms with E-state index in [4.69, 9.17) is 4.74 Å². The lowest BCUT2D eigenvalue weighted by atomic mass is 10.2. The lowest BCUT2D eigenvalue weighted by Gasteiger charge is -2.21. The van der Waals surface area contributed by atoms with E-state index in [1.807, 2.05) is 18.2 Å². The predicted molar refractivity (Wildman–Crippen MR) is 96.4 cm³/mol. The molecule has 0 aliphatic carbocycles. The van der Waals surface area contributed by atoms with E-state index in [1.165, 1.54) is 22.8 Å². The number of amides is 1. The summed E-state index contributed by atoms with van der Waals surface area (Å²) in [6.07, 6.45) is 2.17. The highest BCUT2D eigenvalue weighted by Gasteiger charge is 2.37. The number of hydrogen-bond donors (Lipinski definition) is 1. The van der Waals surface area contributed by atoms with Gasteiger partial charge >= 0.3 is 5.97 Å². The molecule has 1 fully saturated rings. The molecule has 0 bridgehead atoms. The molecular formula is C16H18N2O5S2. The third-order valence-corrected chi connectivity index (χ3v) is 6.59. The second kappa shape index (κ2) is 6.74. The molecule has 1 amide bonds. The van der Waals surface area contributed by atoms with Gasteiger partial charge < -0.3 is 10.1 Å². The number of hydrogen-bond acceptors (Lipinski definition) is 6. The summed E-state index contributed by atoms with van der Waals surface area (Å²) in [6.45, 7) is 0.325. The molecule has 9 heteroatoms. The first-order valence-corrected chi connectivity index (χ1v) is 10.4. The summed E-state index contributed by atoms with van der Waals surface area (Å²) in [5, 5.41) is 3.48. The maximum absolute atomic E-state index is 12.7. The molecule has 1 aliphatic rings. The number of esters is 1. The van der Waals surface area contributed by atoms with Crippen molar-refractivity contribution < 1.29 is 22.7 Å². The van der Waals surface area contributed by atoms with E-state index >= 15 is 0 Å². The number of methoxy groups -OCH3 is 1. The maximum atomic E-state index is 12.7. The molecule has 3 rings (SSSR count). The fourth-order valence-corrected chi connectivity index (χ4v) is 5.21. The molecule has 1 aromatic heterocycles. The van der Waals surface area contributed by atoms with Crippen LogP contribution in [-0.4, -0.2) is 50.6 Å². The largest absolute Gasteiger partial charge is 0.465 e. The van der Waals surface area contributed by atoms with Crippen LogP contribution in [0.4, 0.5) is 5.69 Å². The van der Waals surface area contributed by atoms with E-state index in [9.17, 15) is 18.0 Å². The van der Waals surface area contributed by atoms with E-state index in [0.29, 0.717) is 30.0 Å². The van der Waals surface area contributed by atoms with Crippen molar-refractivity contribution in [1.29, 1.82) is 0 Å². The molecule has 134 valence electrons. The minimum Gasteiger partial charge on any atom is -0.465 e. The molecule has 0 radical (unpaired) electrons. The maximum Gasteiger partial charge on any atom is 0.350 e. The zero-order valence-electron chi connectivity index (χ0n) is 13.8. The number of carbonyl (C=O) groups is 2. The number of thiophene rings is 1. The average molecular weight is 382 g/mol. The normalized spacial score (nSPS) is 18.4. The Morgan fingerprint density at radius 2 is 2.04 bits per heavy atom. The minimum atomic E-state index is -3.47. The standard InChI is InChI=1S/C16H18N2O5S2/c1-23-16(20)14-13(10-6-3-4-8-12(10)24-14)17-15(19)11-7-5-9-18(11)25(2,21)22/h3-4,6,8,11H,5,7,9H2,1-2H3,(H,17,19). The van der Waals surface area contributed by atoms with Crippen molar-refractivity contribution in [1.82, 2.24) is 4.31 Å². The van der Waals surface area contributed by atoms with Crippen LogP contribution in [0.1, 0.15) is 22.5 Å². The van der Waals surface area contributed by atoms with Gasteiger partial charge in [0.2, 0.25) is 15.9 Å². The van der Waals surface area contributed by atoms with Gasteiger partial charge in [-0.25, -0.2) is 13.2 Å². The molecule has 1 aromatic carbocycles. The Hall–Kier alpha value is -1.97. The van der Waals surface area contributed by atoms with Gasteiger partial charge in [0.15, 0.2) is 0 Å². The topological polar surface area (TPSA) is 92.8 Å². The van der Waals surface area contributed by atoms with Crippen molar-refractivity contribution in [2.24, 2.45) is 0 Å². The summed E-state index contributed by atoms with van der Waals surface area (Å²) in [7, 11) is -2.19. The van der Waals surface area contributed by atoms with Gasteiger partial charge in [-0.2, -0.15) is 4.31 Å². The van der Waals surface area contributed by atoms with Gasteiger partial charge in [-0.3, -0.25) is 4.79 Å². The molecule has 1 aliphatic heterocycles. The minimum absolute atomic E-state index is 0.293. The van der Waals surface area contributed by atoms with Gasteiger partial charge in [0, 0.05) is 16.6 Å². The van der Waals surface area contributed by atoms with Gasteiger partial charge in [-0.1, -0.05) is 18.2 Å². The van der Waals surface area contributed by atoms with E-state index in [2.05, 4.69) is 5.32 Å². The zero-order valence-corrected chi connectivity index (χ0v) is 15.4. The zero-order chi connectivity index (χ0) is 18.2. The molecule has 0 saturated carbocycles. The van der Waals surface area contributed by atoms with Crippen LogP contribution in [-0.2, 0) is 19.6 Å². The van der Waals surface area contributed by atoms with Gasteiger partial charge in [-0.15, -0.1) is 11.3 Å². The quantitative estimate of drug-likeness (QED) is 0.817. The third kappa shape index (κ3) is 3.39. The van der Waals surface area contributed by atoms with Crippen molar-refractivity contribution in [2.45, 2.75) is 18.9 Å². The van der Waals surface area contributed by atoms with Crippen molar-refractivity contribution in [3.05, 3.63) is 29.1 Å². The van der Waals surface area contributed by atoms with Gasteiger partial charge in [0.05, 0.1) is 19.1 Å². The molecule has 7 nitrogen and oxygen atoms in total. The molecule has 1 atom stereocenters. The Morgan fingerprint density at radius 3 is 2.72 bits per heavy atom. The van der Waals surface area contributed by atoms with Crippen LogP contribution >= 0.6 is 11.3 Å². The van der Waals surface area contributed by atoms with Crippen LogP contribution in [0.15, 0.2) is 24.3 Å². The predicted octanol–water partition coefficient (Wildman–Crippen LogP) is 2.05. The van der Waals surface area contributed by atoms with E-state index in [1.54, 1.807) is 6.07 Å². The second-order valence-corrected chi connectivity index (χ2v) is 8.80. The summed E-state index contributed by atoms with van der Waals surface area (Å²) in [6, 6.07) is 6.54. The molecule has 25 heavy (non-hydrogen) atoms. The first-order chi connectivity index (χ1) is 11.8. The summed E-state index contributed by atoms with van der Waals surface area (Å²) in [5.74, 6) is -0.973. The number of sulfonamides is 1. The number of rotatable bonds is 4. The number of fused-ring (bicyclic) bond motifs is 1. The molecule has 1 N–H and O–H groups in total. The smallest absolute Gasteiger partial charge is 0.350 e. The van der Waals surface area contributed by atoms with Gasteiger partial charge in [-0.05, 0) is 18.9 Å². The second-order valence-electron chi connectivity index (χ2n) is 5.81. The van der Waals surface area contributed by atoms with Crippen molar-refractivity contribution >= 4 is 49.0 Å². The monoisotopic (exact) mass is 382 g/mol. The number of nitrogens with zero attached hydrogens (tertiary/aromatic N) is 1. The van der Waals surface area contributed by atoms with E-state index in [-0.39, 0.29) is 0 Å². The number of nitrogens with one attached hydrogen (secondary N) is 1. The highest BCUT2D eigenvalue weighted by Crippen LogP contribution is 2.36. The lowest BCUT2D eigenvalue weighted by molar-refractivity contribution is -0.119. The van der Waals surface area contributed by atoms with E-state index < -0.39 is 27.9 Å². The summed E-state index contributed by atoms with van der Waals surface area (Å²) in [5.41, 5.74) is 0.373. The van der Waals surface area contributed by atoms with Crippen LogP contribution in [0.25, 0.3) is 10.1 Å². The summed E-state index contributed by atoms with van der Waals surface area (Å²) >= 11 is 1.23. The molecule has 2 aromatic rings. The molecular weight excluding hydrogens is 364 g/mol. The molecule has 1 saturated heterocycles. The Bertz CT molecular complexity index is 935. The highest BCUT2D eigenvalue weighted by atomic mass is 32.2. The fraction of sp³-hybridized carbons (Fsp3) is 0.375. The van der Waals surface area contributed by atoms with Crippen molar-refractivity contribution in [3.8, 4) is 0 Å². The third-order valence-electron chi connectivity index (χ3n) is 4.15. The summed E-state index contributed by atoms with van der Waals surface area (Å²) in [4.78, 5) is 25.1. The Balaban J connectivity index is 1.97. The highest BCUT2D eigenvalue weighted by molar-refractivity contribution is 7.88. The number of carbonyl (C=O) groups excluding carboxylic acids is 2. The Kier molecular flexibility index (Phi) is 4.81. The molecule has 2 heterocycles. The van der Waals surface area contributed by atoms with Crippen molar-refractivity contribution in [2.75, 3.05) is 25.2 Å². The van der Waals surface area contributed by atoms with Crippen LogP contribution in [0.2, 0.25) is 0 Å². The number of benzene rings is 1. The molecule has 1 unspecified atom stereocenters. The van der Waals surface area contributed by atoms with Crippen LogP contribution in [0.5, 0.6) is 0 Å². The average Bonchev–Trinajstić information content (AvgIpc) is 3.19. The van der Waals surface area contributed by atoms with Crippen molar-refractivity contribution in [3.63, 3.8) is 0 Å². The number of ether oxygens (including phenoxy) is 1. The van der Waals surface area contributed by atoms with Crippen LogP contribution in [0, 0.1) is 0 Å². The van der Waals surface area contributed by atoms with Gasteiger partial charge in [0.1, 0.15) is 10.9 Å². The Labute approximate surface area is 149 Å². The fourth-order valence-electron chi connectivity index (χ4n) is 3.01. The first kappa shape index (κ1) is 17.8. The lowest BCUT2D eigenvalue weighted by Crippen LogP contribution is -2.42. The van der Waals surface area contributed by atoms with Crippen LogP contribution < -0.4 is 5.32 Å². The number of anilines is 1. The first-order valence-electron chi connectivity index (χ1n) is 7.70. The molecule has 0 spiro atoms. The SMILES string of the molecule is COC(=O)c1sc2ccccc2c1NC(=O)C1CCCN1S(C)(=O)=O. The van der Waals surface area contributed by atoms with E-state index in [0.717, 1.165) is 16.3 Å². The Morgan fingerprint density at radius 1 is 1.32 bits per heavy atom. The summed E-state index contributed by atoms with van der Waals surface area (Å²) < 4.78 is 30.6.